The number of nitrogens with zero attached hydrogens (tertiary/aromatic N) is 3. The van der Waals surface area contributed by atoms with Gasteiger partial charge in [0.25, 0.3) is 0 Å². The maximum absolute atomic E-state index is 4.13. The zero-order valence-electron chi connectivity index (χ0n) is 7.73. The van der Waals surface area contributed by atoms with Crippen molar-refractivity contribution in [1.82, 2.24) is 15.2 Å². The van der Waals surface area contributed by atoms with Crippen molar-refractivity contribution in [2.45, 2.75) is 19.8 Å². The third-order valence-corrected chi connectivity index (χ3v) is 2.04. The molecule has 0 atom stereocenters. The summed E-state index contributed by atoms with van der Waals surface area (Å²) in [6, 6.07) is 1.99. The molecule has 0 saturated heterocycles. The second-order valence-electron chi connectivity index (χ2n) is 3.35. The summed E-state index contributed by atoms with van der Waals surface area (Å²) in [5, 5.41) is 10.3. The van der Waals surface area contributed by atoms with Crippen molar-refractivity contribution in [2.75, 3.05) is 0 Å². The van der Waals surface area contributed by atoms with Gasteiger partial charge in [-0.15, -0.1) is 0 Å². The van der Waals surface area contributed by atoms with Crippen LogP contribution in [0.3, 0.4) is 0 Å². The van der Waals surface area contributed by atoms with E-state index in [1.54, 1.807) is 12.4 Å². The summed E-state index contributed by atoms with van der Waals surface area (Å²) in [6.07, 6.45) is 5.35. The molecule has 0 aliphatic carbocycles. The number of aromatic nitrogens is 3. The number of hydrogen-bond acceptors (Lipinski definition) is 3. The van der Waals surface area contributed by atoms with Gasteiger partial charge in [0.05, 0.1) is 11.9 Å². The van der Waals surface area contributed by atoms with E-state index in [-0.39, 0.29) is 0 Å². The SMILES string of the molecule is CC(C)c1nncc2cnccc12. The molecule has 0 aromatic carbocycles. The molecule has 0 saturated carbocycles. The van der Waals surface area contributed by atoms with Crippen LogP contribution in [0.1, 0.15) is 25.5 Å². The molecule has 2 heterocycles. The van der Waals surface area contributed by atoms with E-state index in [0.29, 0.717) is 5.92 Å². The Kier molecular flexibility index (Phi) is 1.93. The summed E-state index contributed by atoms with van der Waals surface area (Å²) in [4.78, 5) is 4.05. The lowest BCUT2D eigenvalue weighted by Gasteiger charge is -2.05. The fraction of sp³-hybridized carbons (Fsp3) is 0.300. The van der Waals surface area contributed by atoms with Crippen molar-refractivity contribution >= 4 is 10.8 Å². The predicted molar refractivity (Wildman–Crippen MR) is 51.4 cm³/mol. The Morgan fingerprint density at radius 1 is 1.23 bits per heavy atom. The summed E-state index contributed by atoms with van der Waals surface area (Å²) in [6.45, 7) is 4.23. The maximum atomic E-state index is 4.13. The van der Waals surface area contributed by atoms with Crippen LogP contribution in [0, 0.1) is 0 Å². The van der Waals surface area contributed by atoms with Crippen LogP contribution in [0.15, 0.2) is 24.7 Å². The molecule has 0 spiro atoms. The van der Waals surface area contributed by atoms with Gasteiger partial charge in [0, 0.05) is 23.2 Å². The molecule has 13 heavy (non-hydrogen) atoms. The van der Waals surface area contributed by atoms with Crippen LogP contribution in [0.2, 0.25) is 0 Å². The first-order chi connectivity index (χ1) is 6.29. The Bertz CT molecular complexity index is 418. The van der Waals surface area contributed by atoms with Gasteiger partial charge in [-0.25, -0.2) is 0 Å². The molecular weight excluding hydrogens is 162 g/mol. The van der Waals surface area contributed by atoms with Gasteiger partial charge in [-0.3, -0.25) is 4.98 Å². The van der Waals surface area contributed by atoms with E-state index in [0.717, 1.165) is 16.5 Å². The molecular formula is C10H11N3. The van der Waals surface area contributed by atoms with Crippen molar-refractivity contribution in [3.05, 3.63) is 30.4 Å². The quantitative estimate of drug-likeness (QED) is 0.663. The first kappa shape index (κ1) is 8.10. The van der Waals surface area contributed by atoms with Crippen LogP contribution in [0.25, 0.3) is 10.8 Å². The Morgan fingerprint density at radius 3 is 2.85 bits per heavy atom. The normalized spacial score (nSPS) is 11.0. The minimum absolute atomic E-state index is 0.401. The van der Waals surface area contributed by atoms with Gasteiger partial charge in [0.2, 0.25) is 0 Å². The van der Waals surface area contributed by atoms with Gasteiger partial charge in [-0.05, 0) is 12.0 Å². The average Bonchev–Trinajstić information content (AvgIpc) is 2.17. The van der Waals surface area contributed by atoms with Crippen LogP contribution >= 0.6 is 0 Å². The average molecular weight is 173 g/mol. The van der Waals surface area contributed by atoms with Crippen molar-refractivity contribution in [2.24, 2.45) is 0 Å². The van der Waals surface area contributed by atoms with Crippen molar-refractivity contribution in [3.63, 3.8) is 0 Å². The van der Waals surface area contributed by atoms with Gasteiger partial charge in [0.15, 0.2) is 0 Å². The van der Waals surface area contributed by atoms with E-state index in [1.165, 1.54) is 0 Å². The monoisotopic (exact) mass is 173 g/mol. The Labute approximate surface area is 76.8 Å². The Hall–Kier alpha value is -1.51. The molecule has 0 radical (unpaired) electrons. The summed E-state index contributed by atoms with van der Waals surface area (Å²) in [7, 11) is 0. The lowest BCUT2D eigenvalue weighted by molar-refractivity contribution is 0.798. The molecule has 0 aliphatic heterocycles. The number of fused-ring (bicyclic) bond motifs is 1. The molecule has 0 amide bonds. The molecule has 2 aromatic rings. The van der Waals surface area contributed by atoms with E-state index in [9.17, 15) is 0 Å². The summed E-state index contributed by atoms with van der Waals surface area (Å²) in [5.74, 6) is 0.401. The smallest absolute Gasteiger partial charge is 0.0735 e. The number of hydrogen-bond donors (Lipinski definition) is 0. The molecule has 0 aliphatic rings. The van der Waals surface area contributed by atoms with Gasteiger partial charge < -0.3 is 0 Å². The van der Waals surface area contributed by atoms with Gasteiger partial charge in [-0.2, -0.15) is 10.2 Å². The molecule has 2 aromatic heterocycles. The lowest BCUT2D eigenvalue weighted by atomic mass is 10.1. The fourth-order valence-corrected chi connectivity index (χ4v) is 1.38. The topological polar surface area (TPSA) is 38.7 Å². The van der Waals surface area contributed by atoms with Crippen LogP contribution in [0.4, 0.5) is 0 Å². The lowest BCUT2D eigenvalue weighted by Crippen LogP contribution is -1.96. The van der Waals surface area contributed by atoms with Crippen LogP contribution in [0.5, 0.6) is 0 Å². The van der Waals surface area contributed by atoms with Crippen molar-refractivity contribution in [3.8, 4) is 0 Å². The van der Waals surface area contributed by atoms with Crippen molar-refractivity contribution < 1.29 is 0 Å². The third-order valence-electron chi connectivity index (χ3n) is 2.04. The van der Waals surface area contributed by atoms with Crippen LogP contribution in [-0.4, -0.2) is 15.2 Å². The Morgan fingerprint density at radius 2 is 2.08 bits per heavy atom. The molecule has 0 N–H and O–H groups in total. The van der Waals surface area contributed by atoms with Crippen LogP contribution in [-0.2, 0) is 0 Å². The zero-order chi connectivity index (χ0) is 9.26. The Balaban J connectivity index is 2.76. The highest BCUT2D eigenvalue weighted by molar-refractivity contribution is 5.82. The molecule has 0 unspecified atom stereocenters. The minimum Gasteiger partial charge on any atom is -0.264 e. The highest BCUT2D eigenvalue weighted by Crippen LogP contribution is 2.20. The second-order valence-corrected chi connectivity index (χ2v) is 3.35. The summed E-state index contributed by atoms with van der Waals surface area (Å²) in [5.41, 5.74) is 1.04. The molecule has 66 valence electrons. The van der Waals surface area contributed by atoms with E-state index in [2.05, 4.69) is 29.0 Å². The van der Waals surface area contributed by atoms with E-state index in [1.807, 2.05) is 12.3 Å². The third kappa shape index (κ3) is 1.37. The van der Waals surface area contributed by atoms with Crippen LogP contribution < -0.4 is 0 Å². The summed E-state index contributed by atoms with van der Waals surface area (Å²) >= 11 is 0. The van der Waals surface area contributed by atoms with Crippen molar-refractivity contribution in [1.29, 1.82) is 0 Å². The first-order valence-corrected chi connectivity index (χ1v) is 4.34. The number of pyridine rings is 1. The second kappa shape index (κ2) is 3.09. The standard InChI is InChI=1S/C10H11N3/c1-7(2)10-9-3-4-11-5-8(9)6-12-13-10/h3-7H,1-2H3. The molecule has 3 nitrogen and oxygen atoms in total. The van der Waals surface area contributed by atoms with Gasteiger partial charge in [0.1, 0.15) is 0 Å². The molecule has 2 rings (SSSR count). The van der Waals surface area contributed by atoms with Gasteiger partial charge in [-0.1, -0.05) is 13.8 Å². The highest BCUT2D eigenvalue weighted by Gasteiger charge is 2.06. The fourth-order valence-electron chi connectivity index (χ4n) is 1.38. The highest BCUT2D eigenvalue weighted by atomic mass is 15.1. The first-order valence-electron chi connectivity index (χ1n) is 4.34. The minimum atomic E-state index is 0.401. The largest absolute Gasteiger partial charge is 0.264 e. The summed E-state index contributed by atoms with van der Waals surface area (Å²) < 4.78 is 0. The zero-order valence-corrected chi connectivity index (χ0v) is 7.73. The van der Waals surface area contributed by atoms with Gasteiger partial charge >= 0.3 is 0 Å². The predicted octanol–water partition coefficient (Wildman–Crippen LogP) is 2.15. The van der Waals surface area contributed by atoms with E-state index >= 15 is 0 Å². The molecule has 3 heteroatoms. The van der Waals surface area contributed by atoms with E-state index in [4.69, 9.17) is 0 Å². The molecule has 0 bridgehead atoms. The van der Waals surface area contributed by atoms with E-state index < -0.39 is 0 Å². The molecule has 0 fully saturated rings. The number of rotatable bonds is 1. The maximum Gasteiger partial charge on any atom is 0.0735 e.